The normalized spacial score (nSPS) is 24.0. The van der Waals surface area contributed by atoms with Crippen LogP contribution in [0.15, 0.2) is 0 Å². The molecule has 0 radical (unpaired) electrons. The van der Waals surface area contributed by atoms with E-state index in [0.29, 0.717) is 5.54 Å². The summed E-state index contributed by atoms with van der Waals surface area (Å²) < 4.78 is 0. The summed E-state index contributed by atoms with van der Waals surface area (Å²) >= 11 is 1.98. The minimum Gasteiger partial charge on any atom is -0.329 e. The third-order valence-electron chi connectivity index (χ3n) is 2.07. The van der Waals surface area contributed by atoms with Crippen LogP contribution in [0, 0.1) is 0 Å². The van der Waals surface area contributed by atoms with Crippen LogP contribution >= 0.6 is 11.8 Å². The maximum Gasteiger partial charge on any atom is 0.0506 e. The highest BCUT2D eigenvalue weighted by atomic mass is 32.2. The molecule has 0 aromatic heterocycles. The third kappa shape index (κ3) is 1.09. The lowest BCUT2D eigenvalue weighted by Gasteiger charge is -2.45. The number of nitrogens with two attached hydrogens (primary N) is 1. The lowest BCUT2D eigenvalue weighted by atomic mass is 10.0. The Morgan fingerprint density at radius 1 is 1.56 bits per heavy atom. The van der Waals surface area contributed by atoms with Crippen LogP contribution in [0.3, 0.4) is 0 Å². The van der Waals surface area contributed by atoms with E-state index in [1.54, 1.807) is 0 Å². The Labute approximate surface area is 60.8 Å². The molecule has 0 saturated carbocycles. The lowest BCUT2D eigenvalue weighted by Crippen LogP contribution is -2.59. The van der Waals surface area contributed by atoms with Crippen molar-refractivity contribution in [1.29, 1.82) is 0 Å². The van der Waals surface area contributed by atoms with Gasteiger partial charge in [0.25, 0.3) is 0 Å². The molecule has 1 heterocycles. The first-order valence-corrected chi connectivity index (χ1v) is 4.32. The fourth-order valence-corrected chi connectivity index (χ4v) is 2.32. The maximum atomic E-state index is 5.61. The molecule has 3 heteroatoms. The van der Waals surface area contributed by atoms with E-state index >= 15 is 0 Å². The topological polar surface area (TPSA) is 29.3 Å². The summed E-state index contributed by atoms with van der Waals surface area (Å²) in [7, 11) is 4.21. The lowest BCUT2D eigenvalue weighted by molar-refractivity contribution is 0.202. The molecule has 54 valence electrons. The smallest absolute Gasteiger partial charge is 0.0506 e. The molecule has 0 amide bonds. The van der Waals surface area contributed by atoms with Gasteiger partial charge in [0.15, 0.2) is 0 Å². The maximum absolute atomic E-state index is 5.61. The molecule has 1 saturated heterocycles. The fourth-order valence-electron chi connectivity index (χ4n) is 0.896. The molecule has 2 nitrogen and oxygen atoms in total. The highest BCUT2D eigenvalue weighted by Crippen LogP contribution is 2.32. The van der Waals surface area contributed by atoms with Crippen LogP contribution in [0.1, 0.15) is 0 Å². The van der Waals surface area contributed by atoms with Crippen molar-refractivity contribution < 1.29 is 0 Å². The zero-order chi connectivity index (χ0) is 6.91. The van der Waals surface area contributed by atoms with Crippen molar-refractivity contribution >= 4 is 11.8 Å². The van der Waals surface area contributed by atoms with Crippen molar-refractivity contribution in [3.8, 4) is 0 Å². The predicted molar refractivity (Wildman–Crippen MR) is 42.8 cm³/mol. The van der Waals surface area contributed by atoms with E-state index in [1.165, 1.54) is 11.5 Å². The third-order valence-corrected chi connectivity index (χ3v) is 3.55. The van der Waals surface area contributed by atoms with Gasteiger partial charge in [-0.2, -0.15) is 11.8 Å². The number of nitrogens with zero attached hydrogens (tertiary/aromatic N) is 1. The number of rotatable bonds is 2. The summed E-state index contributed by atoms with van der Waals surface area (Å²) in [6, 6.07) is 0. The van der Waals surface area contributed by atoms with Crippen molar-refractivity contribution in [3.05, 3.63) is 0 Å². The monoisotopic (exact) mass is 146 g/mol. The van der Waals surface area contributed by atoms with Gasteiger partial charge < -0.3 is 10.6 Å². The van der Waals surface area contributed by atoms with E-state index < -0.39 is 0 Å². The van der Waals surface area contributed by atoms with Crippen LogP contribution in [-0.2, 0) is 0 Å². The average molecular weight is 146 g/mol. The summed E-state index contributed by atoms with van der Waals surface area (Å²) in [6.45, 7) is 0.799. The van der Waals surface area contributed by atoms with E-state index in [0.717, 1.165) is 6.54 Å². The van der Waals surface area contributed by atoms with Gasteiger partial charge in [0, 0.05) is 18.1 Å². The molecular formula is C6H14N2S. The highest BCUT2D eigenvalue weighted by Gasteiger charge is 2.38. The molecule has 1 aliphatic heterocycles. The van der Waals surface area contributed by atoms with Crippen molar-refractivity contribution in [1.82, 2.24) is 4.90 Å². The predicted octanol–water partition coefficient (Wildman–Crippen LogP) is -0.00770. The largest absolute Gasteiger partial charge is 0.329 e. The molecular weight excluding hydrogens is 132 g/mol. The van der Waals surface area contributed by atoms with Crippen LogP contribution in [0.5, 0.6) is 0 Å². The summed E-state index contributed by atoms with van der Waals surface area (Å²) in [5, 5.41) is 0. The van der Waals surface area contributed by atoms with Gasteiger partial charge >= 0.3 is 0 Å². The van der Waals surface area contributed by atoms with Gasteiger partial charge in [-0.3, -0.25) is 0 Å². The van der Waals surface area contributed by atoms with Crippen molar-refractivity contribution in [2.24, 2.45) is 5.73 Å². The van der Waals surface area contributed by atoms with E-state index in [2.05, 4.69) is 19.0 Å². The molecule has 0 bridgehead atoms. The number of thioether (sulfide) groups is 1. The van der Waals surface area contributed by atoms with Crippen LogP contribution in [0.2, 0.25) is 0 Å². The Bertz CT molecular complexity index is 93.7. The summed E-state index contributed by atoms with van der Waals surface area (Å²) in [5.74, 6) is 2.41. The summed E-state index contributed by atoms with van der Waals surface area (Å²) in [5.41, 5.74) is 5.95. The first-order valence-electron chi connectivity index (χ1n) is 3.16. The fraction of sp³-hybridized carbons (Fsp3) is 1.00. The SMILES string of the molecule is CN(C)C1(CN)CSC1. The van der Waals surface area contributed by atoms with Gasteiger partial charge in [-0.25, -0.2) is 0 Å². The minimum atomic E-state index is 0.338. The Hall–Kier alpha value is 0.270. The molecule has 0 unspecified atom stereocenters. The van der Waals surface area contributed by atoms with Crippen LogP contribution in [0.25, 0.3) is 0 Å². The van der Waals surface area contributed by atoms with Crippen molar-refractivity contribution in [2.45, 2.75) is 5.54 Å². The van der Waals surface area contributed by atoms with Crippen molar-refractivity contribution in [3.63, 3.8) is 0 Å². The van der Waals surface area contributed by atoms with E-state index in [4.69, 9.17) is 5.73 Å². The van der Waals surface area contributed by atoms with E-state index in [-0.39, 0.29) is 0 Å². The number of likely N-dealkylation sites (N-methyl/N-ethyl adjacent to an activating group) is 1. The molecule has 0 spiro atoms. The number of hydrogen-bond donors (Lipinski definition) is 1. The van der Waals surface area contributed by atoms with Crippen LogP contribution in [-0.4, -0.2) is 42.6 Å². The first-order chi connectivity index (χ1) is 4.21. The molecule has 0 aliphatic carbocycles. The Balaban J connectivity index is 2.46. The molecule has 0 aromatic carbocycles. The Morgan fingerprint density at radius 3 is 2.11 bits per heavy atom. The highest BCUT2D eigenvalue weighted by molar-refractivity contribution is 8.00. The Kier molecular flexibility index (Phi) is 2.03. The molecule has 0 atom stereocenters. The quantitative estimate of drug-likeness (QED) is 0.594. The zero-order valence-corrected chi connectivity index (χ0v) is 6.87. The number of hydrogen-bond acceptors (Lipinski definition) is 3. The van der Waals surface area contributed by atoms with Gasteiger partial charge in [0.2, 0.25) is 0 Å². The van der Waals surface area contributed by atoms with Gasteiger partial charge in [0.1, 0.15) is 0 Å². The second kappa shape index (κ2) is 2.48. The Morgan fingerprint density at radius 2 is 2.11 bits per heavy atom. The summed E-state index contributed by atoms with van der Waals surface area (Å²) in [4.78, 5) is 2.24. The van der Waals surface area contributed by atoms with Crippen LogP contribution < -0.4 is 5.73 Å². The molecule has 1 rings (SSSR count). The molecule has 1 fully saturated rings. The summed E-state index contributed by atoms with van der Waals surface area (Å²) in [6.07, 6.45) is 0. The van der Waals surface area contributed by atoms with E-state index in [9.17, 15) is 0 Å². The second-order valence-electron chi connectivity index (χ2n) is 2.82. The average Bonchev–Trinajstić information content (AvgIpc) is 1.62. The van der Waals surface area contributed by atoms with E-state index in [1.807, 2.05) is 11.8 Å². The standard InChI is InChI=1S/C6H14N2S/c1-8(2)6(3-7)4-9-5-6/h3-5,7H2,1-2H3. The zero-order valence-electron chi connectivity index (χ0n) is 6.05. The van der Waals surface area contributed by atoms with Crippen molar-refractivity contribution in [2.75, 3.05) is 32.1 Å². The second-order valence-corrected chi connectivity index (χ2v) is 3.80. The molecule has 2 N–H and O–H groups in total. The molecule has 0 aromatic rings. The van der Waals surface area contributed by atoms with Crippen LogP contribution in [0.4, 0.5) is 0 Å². The minimum absolute atomic E-state index is 0.338. The van der Waals surface area contributed by atoms with Gasteiger partial charge in [0.05, 0.1) is 5.54 Å². The van der Waals surface area contributed by atoms with Gasteiger partial charge in [-0.1, -0.05) is 0 Å². The molecule has 9 heavy (non-hydrogen) atoms. The van der Waals surface area contributed by atoms with Gasteiger partial charge in [-0.15, -0.1) is 0 Å². The first kappa shape index (κ1) is 7.38. The van der Waals surface area contributed by atoms with Gasteiger partial charge in [-0.05, 0) is 14.1 Å². The molecule has 1 aliphatic rings.